The van der Waals surface area contributed by atoms with Crippen LogP contribution in [0, 0.1) is 0 Å². The highest BCUT2D eigenvalue weighted by molar-refractivity contribution is 7.89. The number of nitrogens with one attached hydrogen (secondary N) is 1. The van der Waals surface area contributed by atoms with Gasteiger partial charge in [0.2, 0.25) is 10.0 Å². The zero-order valence-corrected chi connectivity index (χ0v) is 16.9. The van der Waals surface area contributed by atoms with E-state index in [4.69, 9.17) is 0 Å². The molecule has 1 aliphatic carbocycles. The molecule has 1 fully saturated rings. The summed E-state index contributed by atoms with van der Waals surface area (Å²) in [6.07, 6.45) is 10.8. The molecule has 1 atom stereocenters. The highest BCUT2D eigenvalue weighted by Gasteiger charge is 2.30. The lowest BCUT2D eigenvalue weighted by Crippen LogP contribution is -2.41. The van der Waals surface area contributed by atoms with Crippen LogP contribution in [0.5, 0.6) is 0 Å². The Hall–Kier alpha value is -1.66. The number of amides is 1. The largest absolute Gasteiger partial charge is 0.352 e. The second-order valence-electron chi connectivity index (χ2n) is 7.60. The lowest BCUT2D eigenvalue weighted by atomic mass is 9.97. The number of sulfonamides is 1. The topological polar surface area (TPSA) is 66.5 Å². The number of benzene rings is 1. The molecule has 1 unspecified atom stereocenters. The Morgan fingerprint density at radius 3 is 2.59 bits per heavy atom. The van der Waals surface area contributed by atoms with Gasteiger partial charge in [0, 0.05) is 24.7 Å². The fourth-order valence-electron chi connectivity index (χ4n) is 3.91. The molecule has 1 amide bonds. The molecule has 0 saturated carbocycles. The molecule has 148 valence electrons. The minimum Gasteiger partial charge on any atom is -0.352 e. The molecule has 1 aromatic carbocycles. The minimum absolute atomic E-state index is 0.0285. The summed E-state index contributed by atoms with van der Waals surface area (Å²) in [6, 6.07) is 6.35. The summed E-state index contributed by atoms with van der Waals surface area (Å²) in [5.74, 6) is -0.151. The van der Waals surface area contributed by atoms with Gasteiger partial charge in [0.15, 0.2) is 0 Å². The van der Waals surface area contributed by atoms with Gasteiger partial charge in [-0.25, -0.2) is 8.42 Å². The number of hydrogen-bond donors (Lipinski definition) is 1. The van der Waals surface area contributed by atoms with Crippen LogP contribution in [0.2, 0.25) is 0 Å². The van der Waals surface area contributed by atoms with Crippen molar-refractivity contribution in [1.29, 1.82) is 0 Å². The predicted molar refractivity (Wildman–Crippen MR) is 107 cm³/mol. The van der Waals surface area contributed by atoms with E-state index in [0.717, 1.165) is 38.5 Å². The maximum Gasteiger partial charge on any atom is 0.251 e. The monoisotopic (exact) mass is 390 g/mol. The Morgan fingerprint density at radius 1 is 1.15 bits per heavy atom. The van der Waals surface area contributed by atoms with Crippen LogP contribution in [-0.2, 0) is 10.0 Å². The molecular weight excluding hydrogens is 360 g/mol. The molecule has 1 aromatic rings. The van der Waals surface area contributed by atoms with Gasteiger partial charge in [-0.05, 0) is 76.1 Å². The van der Waals surface area contributed by atoms with Crippen LogP contribution in [0.4, 0.5) is 0 Å². The van der Waals surface area contributed by atoms with Gasteiger partial charge in [-0.2, -0.15) is 4.31 Å². The fourth-order valence-corrected chi connectivity index (χ4v) is 5.61. The Kier molecular flexibility index (Phi) is 6.71. The molecule has 0 spiro atoms. The molecule has 6 heteroatoms. The van der Waals surface area contributed by atoms with Gasteiger partial charge in [-0.15, -0.1) is 0 Å². The standard InChI is InChI=1S/C21H30N2O3S/c1-17-7-5-6-16-23(17)27(25,26)20-12-10-19(11-13-20)21(24)22-15-14-18-8-3-2-4-9-18/h8,10-13,17H,2-7,9,14-16H2,1H3,(H,22,24). The van der Waals surface area contributed by atoms with Crippen LogP contribution in [0.15, 0.2) is 40.8 Å². The van der Waals surface area contributed by atoms with Crippen molar-refractivity contribution in [1.82, 2.24) is 9.62 Å². The molecule has 27 heavy (non-hydrogen) atoms. The second kappa shape index (κ2) is 9.02. The van der Waals surface area contributed by atoms with E-state index in [1.165, 1.54) is 18.4 Å². The van der Waals surface area contributed by atoms with Crippen LogP contribution < -0.4 is 5.32 Å². The van der Waals surface area contributed by atoms with E-state index in [9.17, 15) is 13.2 Å². The summed E-state index contributed by atoms with van der Waals surface area (Å²) in [5, 5.41) is 2.94. The summed E-state index contributed by atoms with van der Waals surface area (Å²) in [7, 11) is -3.49. The van der Waals surface area contributed by atoms with Crippen LogP contribution in [0.1, 0.15) is 68.6 Å². The lowest BCUT2D eigenvalue weighted by molar-refractivity contribution is 0.0954. The third-order valence-electron chi connectivity index (χ3n) is 5.58. The first-order valence-corrected chi connectivity index (χ1v) is 11.5. The zero-order chi connectivity index (χ0) is 19.3. The van der Waals surface area contributed by atoms with Crippen LogP contribution in [0.25, 0.3) is 0 Å². The van der Waals surface area contributed by atoms with Crippen LogP contribution in [0.3, 0.4) is 0 Å². The molecule has 3 rings (SSSR count). The van der Waals surface area contributed by atoms with Gasteiger partial charge in [-0.3, -0.25) is 4.79 Å². The van der Waals surface area contributed by atoms with Crippen molar-refractivity contribution in [2.75, 3.05) is 13.1 Å². The number of carbonyl (C=O) groups is 1. The van der Waals surface area contributed by atoms with Crippen molar-refractivity contribution in [3.05, 3.63) is 41.5 Å². The van der Waals surface area contributed by atoms with Gasteiger partial charge >= 0.3 is 0 Å². The molecule has 5 nitrogen and oxygen atoms in total. The Balaban J connectivity index is 1.59. The first-order valence-electron chi connectivity index (χ1n) is 10.1. The first kappa shape index (κ1) is 20.1. The number of nitrogens with zero attached hydrogens (tertiary/aromatic N) is 1. The van der Waals surface area contributed by atoms with Crippen molar-refractivity contribution in [3.8, 4) is 0 Å². The molecule has 1 N–H and O–H groups in total. The van der Waals surface area contributed by atoms with E-state index < -0.39 is 10.0 Å². The lowest BCUT2D eigenvalue weighted by Gasteiger charge is -2.32. The second-order valence-corrected chi connectivity index (χ2v) is 9.49. The fraction of sp³-hybridized carbons (Fsp3) is 0.571. The Labute approximate surface area is 162 Å². The van der Waals surface area contributed by atoms with Gasteiger partial charge in [0.25, 0.3) is 5.91 Å². The van der Waals surface area contributed by atoms with Gasteiger partial charge in [-0.1, -0.05) is 18.1 Å². The Bertz CT molecular complexity index is 784. The van der Waals surface area contributed by atoms with Crippen molar-refractivity contribution in [3.63, 3.8) is 0 Å². The van der Waals surface area contributed by atoms with Gasteiger partial charge < -0.3 is 5.32 Å². The van der Waals surface area contributed by atoms with Gasteiger partial charge in [0.05, 0.1) is 4.90 Å². The smallest absolute Gasteiger partial charge is 0.251 e. The van der Waals surface area contributed by atoms with E-state index in [0.29, 0.717) is 18.7 Å². The predicted octanol–water partition coefficient (Wildman–Crippen LogP) is 3.87. The number of hydrogen-bond acceptors (Lipinski definition) is 3. The maximum atomic E-state index is 12.8. The number of piperidine rings is 1. The molecular formula is C21H30N2O3S. The van der Waals surface area contributed by atoms with Crippen LogP contribution >= 0.6 is 0 Å². The molecule has 1 heterocycles. The van der Waals surface area contributed by atoms with Crippen LogP contribution in [-0.4, -0.2) is 37.8 Å². The van der Waals surface area contributed by atoms with Crippen molar-refractivity contribution >= 4 is 15.9 Å². The molecule has 0 aromatic heterocycles. The molecule has 0 radical (unpaired) electrons. The Morgan fingerprint density at radius 2 is 1.93 bits per heavy atom. The van der Waals surface area contributed by atoms with Gasteiger partial charge in [0.1, 0.15) is 0 Å². The van der Waals surface area contributed by atoms with E-state index in [-0.39, 0.29) is 16.8 Å². The molecule has 1 saturated heterocycles. The quantitative estimate of drug-likeness (QED) is 0.750. The number of carbonyl (C=O) groups excluding carboxylic acids is 1. The van der Waals surface area contributed by atoms with Crippen molar-refractivity contribution in [2.45, 2.75) is 69.2 Å². The zero-order valence-electron chi connectivity index (χ0n) is 16.1. The van der Waals surface area contributed by atoms with E-state index in [1.54, 1.807) is 28.6 Å². The van der Waals surface area contributed by atoms with Crippen molar-refractivity contribution < 1.29 is 13.2 Å². The summed E-state index contributed by atoms with van der Waals surface area (Å²) < 4.78 is 27.3. The third-order valence-corrected chi connectivity index (χ3v) is 7.61. The SMILES string of the molecule is CC1CCCCN1S(=O)(=O)c1ccc(C(=O)NCCC2=CCCCC2)cc1. The number of allylic oxidation sites excluding steroid dienone is 1. The van der Waals surface area contributed by atoms with E-state index in [1.807, 2.05) is 6.92 Å². The summed E-state index contributed by atoms with van der Waals surface area (Å²) >= 11 is 0. The van der Waals surface area contributed by atoms with Crippen molar-refractivity contribution in [2.24, 2.45) is 0 Å². The van der Waals surface area contributed by atoms with E-state index >= 15 is 0 Å². The summed E-state index contributed by atoms with van der Waals surface area (Å²) in [5.41, 5.74) is 1.93. The molecule has 0 bridgehead atoms. The highest BCUT2D eigenvalue weighted by atomic mass is 32.2. The maximum absolute atomic E-state index is 12.8. The number of rotatable bonds is 6. The average Bonchev–Trinajstić information content (AvgIpc) is 2.69. The minimum atomic E-state index is -3.49. The summed E-state index contributed by atoms with van der Waals surface area (Å²) in [4.78, 5) is 12.6. The highest BCUT2D eigenvalue weighted by Crippen LogP contribution is 2.25. The average molecular weight is 391 g/mol. The molecule has 1 aliphatic heterocycles. The first-order chi connectivity index (χ1) is 13.0. The molecule has 2 aliphatic rings. The summed E-state index contributed by atoms with van der Waals surface area (Å²) in [6.45, 7) is 3.15. The van der Waals surface area contributed by atoms with E-state index in [2.05, 4.69) is 11.4 Å². The third kappa shape index (κ3) is 4.99. The normalized spacial score (nSPS) is 21.5.